The molecule has 4 heteroatoms. The van der Waals surface area contributed by atoms with Gasteiger partial charge in [0.25, 0.3) is 11.8 Å². The van der Waals surface area contributed by atoms with Crippen molar-refractivity contribution in [3.63, 3.8) is 0 Å². The quantitative estimate of drug-likeness (QED) is 0.628. The summed E-state index contributed by atoms with van der Waals surface area (Å²) in [6.45, 7) is 6.44. The van der Waals surface area contributed by atoms with Crippen molar-refractivity contribution in [2.45, 2.75) is 26.2 Å². The third kappa shape index (κ3) is 2.80. The summed E-state index contributed by atoms with van der Waals surface area (Å²) in [6.07, 6.45) is 1.54. The second-order valence-corrected chi connectivity index (χ2v) is 6.58. The fourth-order valence-corrected chi connectivity index (χ4v) is 2.47. The largest absolute Gasteiger partial charge is 0.282 e. The number of hydrazone groups is 1. The van der Waals surface area contributed by atoms with Crippen molar-refractivity contribution in [1.29, 1.82) is 0 Å². The number of amides is 2. The van der Waals surface area contributed by atoms with E-state index in [1.807, 2.05) is 24.3 Å². The highest BCUT2D eigenvalue weighted by Gasteiger charge is 2.35. The molecule has 2 amide bonds. The fraction of sp³-hybridized carbons (Fsp3) is 0.211. The molecule has 2 aromatic rings. The first-order valence-corrected chi connectivity index (χ1v) is 7.50. The second kappa shape index (κ2) is 5.47. The maximum absolute atomic E-state index is 12.2. The molecule has 0 saturated heterocycles. The van der Waals surface area contributed by atoms with Gasteiger partial charge in [0, 0.05) is 0 Å². The first kappa shape index (κ1) is 15.2. The third-order valence-corrected chi connectivity index (χ3v) is 3.87. The highest BCUT2D eigenvalue weighted by atomic mass is 16.2. The van der Waals surface area contributed by atoms with Crippen LogP contribution in [-0.2, 0) is 5.41 Å². The SMILES string of the molecule is CC(C)(C)c1ccc(/C=N/N2C(=O)c3ccccc3C2=O)cc1. The lowest BCUT2D eigenvalue weighted by Gasteiger charge is -2.18. The molecular formula is C19H18N2O2. The van der Waals surface area contributed by atoms with E-state index in [4.69, 9.17) is 0 Å². The van der Waals surface area contributed by atoms with Crippen LogP contribution < -0.4 is 0 Å². The van der Waals surface area contributed by atoms with Gasteiger partial charge in [-0.1, -0.05) is 57.2 Å². The number of nitrogens with zero attached hydrogens (tertiary/aromatic N) is 2. The van der Waals surface area contributed by atoms with Crippen molar-refractivity contribution in [3.8, 4) is 0 Å². The minimum atomic E-state index is -0.381. The molecule has 3 rings (SSSR count). The molecule has 0 radical (unpaired) electrons. The smallest absolute Gasteiger partial charge is 0.267 e. The van der Waals surface area contributed by atoms with Crippen LogP contribution in [0.25, 0.3) is 0 Å². The third-order valence-electron chi connectivity index (χ3n) is 3.87. The maximum Gasteiger partial charge on any atom is 0.282 e. The highest BCUT2D eigenvalue weighted by Crippen LogP contribution is 2.23. The van der Waals surface area contributed by atoms with Crippen LogP contribution in [0.15, 0.2) is 53.6 Å². The first-order chi connectivity index (χ1) is 10.9. The number of imide groups is 1. The van der Waals surface area contributed by atoms with Crippen molar-refractivity contribution in [2.24, 2.45) is 5.10 Å². The van der Waals surface area contributed by atoms with Gasteiger partial charge < -0.3 is 0 Å². The first-order valence-electron chi connectivity index (χ1n) is 7.50. The summed E-state index contributed by atoms with van der Waals surface area (Å²) in [4.78, 5) is 24.4. The van der Waals surface area contributed by atoms with Crippen molar-refractivity contribution < 1.29 is 9.59 Å². The van der Waals surface area contributed by atoms with Gasteiger partial charge in [0.05, 0.1) is 17.3 Å². The van der Waals surface area contributed by atoms with Crippen molar-refractivity contribution in [2.75, 3.05) is 0 Å². The molecule has 23 heavy (non-hydrogen) atoms. The average Bonchev–Trinajstić information content (AvgIpc) is 2.77. The normalized spacial score (nSPS) is 14.7. The van der Waals surface area contributed by atoms with Gasteiger partial charge in [-0.05, 0) is 28.7 Å². The Labute approximate surface area is 135 Å². The van der Waals surface area contributed by atoms with Gasteiger partial charge in [-0.25, -0.2) is 0 Å². The molecule has 1 aliphatic rings. The van der Waals surface area contributed by atoms with Gasteiger partial charge in [0.15, 0.2) is 0 Å². The lowest BCUT2D eigenvalue weighted by molar-refractivity contribution is 0.0660. The van der Waals surface area contributed by atoms with E-state index in [1.165, 1.54) is 11.8 Å². The fourth-order valence-electron chi connectivity index (χ4n) is 2.47. The van der Waals surface area contributed by atoms with Crippen LogP contribution in [0.4, 0.5) is 0 Å². The number of benzene rings is 2. The molecule has 0 unspecified atom stereocenters. The van der Waals surface area contributed by atoms with E-state index in [1.54, 1.807) is 24.3 Å². The van der Waals surface area contributed by atoms with Gasteiger partial charge in [-0.2, -0.15) is 10.1 Å². The van der Waals surface area contributed by atoms with Crippen LogP contribution in [0.5, 0.6) is 0 Å². The summed E-state index contributed by atoms with van der Waals surface area (Å²) in [5.41, 5.74) is 2.94. The number of carbonyl (C=O) groups excluding carboxylic acids is 2. The summed E-state index contributed by atoms with van der Waals surface area (Å²) in [5.74, 6) is -0.763. The summed E-state index contributed by atoms with van der Waals surface area (Å²) < 4.78 is 0. The van der Waals surface area contributed by atoms with Crippen LogP contribution in [0, 0.1) is 0 Å². The molecule has 0 N–H and O–H groups in total. The van der Waals surface area contributed by atoms with Crippen LogP contribution in [0.3, 0.4) is 0 Å². The zero-order valence-corrected chi connectivity index (χ0v) is 13.4. The van der Waals surface area contributed by atoms with E-state index in [0.29, 0.717) is 11.1 Å². The zero-order chi connectivity index (χ0) is 16.6. The lowest BCUT2D eigenvalue weighted by Crippen LogP contribution is -2.24. The van der Waals surface area contributed by atoms with E-state index >= 15 is 0 Å². The molecule has 0 bridgehead atoms. The van der Waals surface area contributed by atoms with Gasteiger partial charge >= 0.3 is 0 Å². The predicted molar refractivity (Wildman–Crippen MR) is 89.7 cm³/mol. The second-order valence-electron chi connectivity index (χ2n) is 6.58. The molecule has 0 atom stereocenters. The Hall–Kier alpha value is -2.75. The van der Waals surface area contributed by atoms with Crippen LogP contribution >= 0.6 is 0 Å². The van der Waals surface area contributed by atoms with Crippen LogP contribution in [-0.4, -0.2) is 23.0 Å². The van der Waals surface area contributed by atoms with Gasteiger partial charge in [0.2, 0.25) is 0 Å². The Kier molecular flexibility index (Phi) is 3.60. The summed E-state index contributed by atoms with van der Waals surface area (Å²) in [5, 5.41) is 4.99. The number of carbonyl (C=O) groups is 2. The maximum atomic E-state index is 12.2. The number of fused-ring (bicyclic) bond motifs is 1. The van der Waals surface area contributed by atoms with E-state index < -0.39 is 0 Å². The Morgan fingerprint density at radius 1 is 0.870 bits per heavy atom. The molecule has 0 aliphatic carbocycles. The standard InChI is InChI=1S/C19H18N2O2/c1-19(2,3)14-10-8-13(9-11-14)12-20-21-17(22)15-6-4-5-7-16(15)18(21)23/h4-12H,1-3H3/b20-12+. The van der Waals surface area contributed by atoms with Crippen molar-refractivity contribution in [3.05, 3.63) is 70.8 Å². The zero-order valence-electron chi connectivity index (χ0n) is 13.4. The molecular weight excluding hydrogens is 288 g/mol. The molecule has 116 valence electrons. The molecule has 4 nitrogen and oxygen atoms in total. The topological polar surface area (TPSA) is 49.7 Å². The summed E-state index contributed by atoms with van der Waals surface area (Å²) in [6, 6.07) is 14.7. The van der Waals surface area contributed by atoms with Crippen LogP contribution in [0.1, 0.15) is 52.6 Å². The molecule has 0 aromatic heterocycles. The highest BCUT2D eigenvalue weighted by molar-refractivity contribution is 6.21. The molecule has 0 saturated carbocycles. The van der Waals surface area contributed by atoms with Crippen molar-refractivity contribution >= 4 is 18.0 Å². The average molecular weight is 306 g/mol. The van der Waals surface area contributed by atoms with E-state index in [2.05, 4.69) is 25.9 Å². The predicted octanol–water partition coefficient (Wildman–Crippen LogP) is 3.61. The molecule has 0 fully saturated rings. The lowest BCUT2D eigenvalue weighted by atomic mass is 9.87. The molecule has 1 heterocycles. The minimum Gasteiger partial charge on any atom is -0.267 e. The van der Waals surface area contributed by atoms with Crippen molar-refractivity contribution in [1.82, 2.24) is 5.01 Å². The summed E-state index contributed by atoms with van der Waals surface area (Å²) >= 11 is 0. The van der Waals surface area contributed by atoms with Gasteiger partial charge in [-0.15, -0.1) is 0 Å². The Morgan fingerprint density at radius 3 is 1.87 bits per heavy atom. The Morgan fingerprint density at radius 2 is 1.39 bits per heavy atom. The van der Waals surface area contributed by atoms with Gasteiger partial charge in [0.1, 0.15) is 0 Å². The van der Waals surface area contributed by atoms with Gasteiger partial charge in [-0.3, -0.25) is 9.59 Å². The van der Waals surface area contributed by atoms with Crippen LogP contribution in [0.2, 0.25) is 0 Å². The van der Waals surface area contributed by atoms with E-state index in [9.17, 15) is 9.59 Å². The Balaban J connectivity index is 1.82. The minimum absolute atomic E-state index is 0.0815. The van der Waals surface area contributed by atoms with E-state index in [-0.39, 0.29) is 17.2 Å². The number of hydrogen-bond donors (Lipinski definition) is 0. The molecule has 2 aromatic carbocycles. The molecule has 0 spiro atoms. The van der Waals surface area contributed by atoms with E-state index in [0.717, 1.165) is 10.6 Å². The summed E-state index contributed by atoms with van der Waals surface area (Å²) in [7, 11) is 0. The number of hydrogen-bond acceptors (Lipinski definition) is 3. The number of rotatable bonds is 2. The Bertz CT molecular complexity index is 764. The monoisotopic (exact) mass is 306 g/mol. The molecule has 1 aliphatic heterocycles.